The lowest BCUT2D eigenvalue weighted by atomic mass is 10.2. The fourth-order valence-corrected chi connectivity index (χ4v) is 2.33. The van der Waals surface area contributed by atoms with Crippen LogP contribution < -0.4 is 5.32 Å². The summed E-state index contributed by atoms with van der Waals surface area (Å²) in [7, 11) is 0. The van der Waals surface area contributed by atoms with Crippen molar-refractivity contribution in [2.45, 2.75) is 19.4 Å². The summed E-state index contributed by atoms with van der Waals surface area (Å²) in [5.41, 5.74) is 1.20. The fourth-order valence-electron chi connectivity index (χ4n) is 2.21. The second-order valence-electron chi connectivity index (χ2n) is 5.38. The van der Waals surface area contributed by atoms with E-state index in [-0.39, 0.29) is 24.7 Å². The van der Waals surface area contributed by atoms with Gasteiger partial charge in [0, 0.05) is 35.5 Å². The van der Waals surface area contributed by atoms with Gasteiger partial charge in [-0.05, 0) is 30.3 Å². The molecule has 25 heavy (non-hydrogen) atoms. The number of amides is 1. The Morgan fingerprint density at radius 1 is 1.12 bits per heavy atom. The fraction of sp³-hybridized carbons (Fsp3) is 0.167. The first-order valence-electron chi connectivity index (χ1n) is 7.70. The third-order valence-electron chi connectivity index (χ3n) is 3.56. The van der Waals surface area contributed by atoms with Crippen LogP contribution in [0.5, 0.6) is 0 Å². The van der Waals surface area contributed by atoms with E-state index in [2.05, 4.69) is 15.5 Å². The third kappa shape index (κ3) is 4.64. The molecule has 0 saturated heterocycles. The molecule has 0 fully saturated rings. The van der Waals surface area contributed by atoms with Gasteiger partial charge in [0.05, 0.1) is 0 Å². The van der Waals surface area contributed by atoms with Crippen molar-refractivity contribution in [1.82, 2.24) is 15.5 Å². The number of halogens is 2. The molecule has 7 heteroatoms. The molecule has 0 saturated carbocycles. The van der Waals surface area contributed by atoms with E-state index in [9.17, 15) is 9.18 Å². The van der Waals surface area contributed by atoms with Crippen molar-refractivity contribution in [1.29, 1.82) is 0 Å². The smallest absolute Gasteiger partial charge is 0.247 e. The van der Waals surface area contributed by atoms with Crippen LogP contribution >= 0.6 is 11.6 Å². The molecule has 0 aliphatic rings. The highest BCUT2D eigenvalue weighted by molar-refractivity contribution is 6.30. The summed E-state index contributed by atoms with van der Waals surface area (Å²) < 4.78 is 19.0. The molecule has 0 aliphatic heterocycles. The van der Waals surface area contributed by atoms with E-state index in [0.717, 1.165) is 5.56 Å². The number of nitrogens with one attached hydrogen (secondary N) is 1. The number of aryl methyl sites for hydroxylation is 1. The Bertz CT molecular complexity index is 865. The normalized spacial score (nSPS) is 10.6. The SMILES string of the molecule is O=C(CCc1nnc(-c2ccc(Cl)cc2)o1)NCc1ccccc1F. The van der Waals surface area contributed by atoms with E-state index >= 15 is 0 Å². The summed E-state index contributed by atoms with van der Waals surface area (Å²) in [5, 5.41) is 11.2. The van der Waals surface area contributed by atoms with Crippen molar-refractivity contribution in [3.8, 4) is 11.5 Å². The van der Waals surface area contributed by atoms with Gasteiger partial charge in [0.1, 0.15) is 5.82 Å². The van der Waals surface area contributed by atoms with Crippen molar-refractivity contribution >= 4 is 17.5 Å². The Kier molecular flexibility index (Phi) is 5.40. The second kappa shape index (κ2) is 7.90. The predicted octanol–water partition coefficient (Wildman–Crippen LogP) is 3.78. The molecule has 3 aromatic rings. The monoisotopic (exact) mass is 359 g/mol. The van der Waals surface area contributed by atoms with Gasteiger partial charge in [-0.1, -0.05) is 29.8 Å². The molecule has 1 heterocycles. The molecule has 0 aliphatic carbocycles. The van der Waals surface area contributed by atoms with E-state index in [1.165, 1.54) is 6.07 Å². The van der Waals surface area contributed by atoms with Gasteiger partial charge in [0.25, 0.3) is 0 Å². The van der Waals surface area contributed by atoms with Crippen molar-refractivity contribution in [2.75, 3.05) is 0 Å². The maximum atomic E-state index is 13.5. The van der Waals surface area contributed by atoms with Gasteiger partial charge in [-0.3, -0.25) is 4.79 Å². The Morgan fingerprint density at radius 2 is 1.88 bits per heavy atom. The number of hydrogen-bond acceptors (Lipinski definition) is 4. The summed E-state index contributed by atoms with van der Waals surface area (Å²) in [4.78, 5) is 11.9. The number of rotatable bonds is 6. The number of benzene rings is 2. The summed E-state index contributed by atoms with van der Waals surface area (Å²) in [5.74, 6) is 0.186. The Labute approximate surface area is 148 Å². The predicted molar refractivity (Wildman–Crippen MR) is 91.3 cm³/mol. The highest BCUT2D eigenvalue weighted by Gasteiger charge is 2.11. The molecule has 1 aromatic heterocycles. The van der Waals surface area contributed by atoms with Crippen LogP contribution in [0.15, 0.2) is 52.9 Å². The molecule has 128 valence electrons. The zero-order chi connectivity index (χ0) is 17.6. The van der Waals surface area contributed by atoms with Crippen LogP contribution in [0.1, 0.15) is 17.9 Å². The maximum Gasteiger partial charge on any atom is 0.247 e. The van der Waals surface area contributed by atoms with Gasteiger partial charge in [-0.25, -0.2) is 4.39 Å². The lowest BCUT2D eigenvalue weighted by Crippen LogP contribution is -2.23. The molecule has 3 rings (SSSR count). The van der Waals surface area contributed by atoms with Crippen LogP contribution in [0.3, 0.4) is 0 Å². The van der Waals surface area contributed by atoms with Crippen LogP contribution in [0.4, 0.5) is 4.39 Å². The van der Waals surface area contributed by atoms with E-state index < -0.39 is 0 Å². The quantitative estimate of drug-likeness (QED) is 0.727. The van der Waals surface area contributed by atoms with Gasteiger partial charge < -0.3 is 9.73 Å². The summed E-state index contributed by atoms with van der Waals surface area (Å²) in [6, 6.07) is 13.3. The first-order chi connectivity index (χ1) is 12.1. The van der Waals surface area contributed by atoms with Crippen molar-refractivity contribution in [2.24, 2.45) is 0 Å². The van der Waals surface area contributed by atoms with Gasteiger partial charge in [0.2, 0.25) is 17.7 Å². The molecule has 1 N–H and O–H groups in total. The average Bonchev–Trinajstić information content (AvgIpc) is 3.09. The van der Waals surface area contributed by atoms with E-state index in [1.807, 2.05) is 0 Å². The average molecular weight is 360 g/mol. The molecule has 0 spiro atoms. The lowest BCUT2D eigenvalue weighted by Gasteiger charge is -2.05. The topological polar surface area (TPSA) is 68.0 Å². The minimum absolute atomic E-state index is 0.144. The number of nitrogens with zero attached hydrogens (tertiary/aromatic N) is 2. The standard InChI is InChI=1S/C18H15ClFN3O2/c19-14-7-5-12(6-8-14)18-23-22-17(25-18)10-9-16(24)21-11-13-3-1-2-4-15(13)20/h1-8H,9-11H2,(H,21,24). The second-order valence-corrected chi connectivity index (χ2v) is 5.81. The Balaban J connectivity index is 1.51. The highest BCUT2D eigenvalue weighted by atomic mass is 35.5. The Hall–Kier alpha value is -2.73. The lowest BCUT2D eigenvalue weighted by molar-refractivity contribution is -0.121. The molecular formula is C18H15ClFN3O2. The number of hydrogen-bond donors (Lipinski definition) is 1. The van der Waals surface area contributed by atoms with Crippen molar-refractivity contribution in [3.05, 3.63) is 70.8 Å². The van der Waals surface area contributed by atoms with Crippen LogP contribution in [-0.4, -0.2) is 16.1 Å². The minimum Gasteiger partial charge on any atom is -0.421 e. The first-order valence-corrected chi connectivity index (χ1v) is 8.08. The van der Waals surface area contributed by atoms with Gasteiger partial charge in [-0.2, -0.15) is 0 Å². The molecular weight excluding hydrogens is 345 g/mol. The Morgan fingerprint density at radius 3 is 2.64 bits per heavy atom. The molecule has 2 aromatic carbocycles. The van der Waals surface area contributed by atoms with Gasteiger partial charge in [-0.15, -0.1) is 10.2 Å². The molecule has 5 nitrogen and oxygen atoms in total. The third-order valence-corrected chi connectivity index (χ3v) is 3.81. The zero-order valence-electron chi connectivity index (χ0n) is 13.2. The highest BCUT2D eigenvalue weighted by Crippen LogP contribution is 2.20. The molecule has 0 radical (unpaired) electrons. The molecule has 1 amide bonds. The zero-order valence-corrected chi connectivity index (χ0v) is 14.0. The molecule has 0 atom stereocenters. The number of carbonyl (C=O) groups excluding carboxylic acids is 1. The number of carbonyl (C=O) groups is 1. The summed E-state index contributed by atoms with van der Waals surface area (Å²) >= 11 is 5.84. The minimum atomic E-state index is -0.340. The van der Waals surface area contributed by atoms with E-state index in [4.69, 9.17) is 16.0 Å². The van der Waals surface area contributed by atoms with Crippen LogP contribution in [0, 0.1) is 5.82 Å². The van der Waals surface area contributed by atoms with E-state index in [1.54, 1.807) is 42.5 Å². The summed E-state index contributed by atoms with van der Waals surface area (Å²) in [6.45, 7) is 0.144. The van der Waals surface area contributed by atoms with Crippen molar-refractivity contribution in [3.63, 3.8) is 0 Å². The summed E-state index contributed by atoms with van der Waals surface area (Å²) in [6.07, 6.45) is 0.487. The molecule has 0 unspecified atom stereocenters. The largest absolute Gasteiger partial charge is 0.421 e. The van der Waals surface area contributed by atoms with Crippen LogP contribution in [0.25, 0.3) is 11.5 Å². The van der Waals surface area contributed by atoms with Gasteiger partial charge in [0.15, 0.2) is 0 Å². The maximum absolute atomic E-state index is 13.5. The van der Waals surface area contributed by atoms with Crippen molar-refractivity contribution < 1.29 is 13.6 Å². The van der Waals surface area contributed by atoms with E-state index in [0.29, 0.717) is 28.8 Å². The first kappa shape index (κ1) is 17.1. The van der Waals surface area contributed by atoms with Crippen LogP contribution in [-0.2, 0) is 17.8 Å². The number of aromatic nitrogens is 2. The molecule has 0 bridgehead atoms. The van der Waals surface area contributed by atoms with Gasteiger partial charge >= 0.3 is 0 Å². The van der Waals surface area contributed by atoms with Crippen LogP contribution in [0.2, 0.25) is 5.02 Å².